The van der Waals surface area contributed by atoms with E-state index in [1.54, 1.807) is 0 Å². The molecule has 0 heterocycles. The van der Waals surface area contributed by atoms with Gasteiger partial charge in [0, 0.05) is 17.3 Å². The van der Waals surface area contributed by atoms with Gasteiger partial charge in [0.2, 0.25) is 0 Å². The van der Waals surface area contributed by atoms with Crippen molar-refractivity contribution in [2.24, 2.45) is 0 Å². The lowest BCUT2D eigenvalue weighted by Gasteiger charge is -2.22. The van der Waals surface area contributed by atoms with Gasteiger partial charge in [0.05, 0.1) is 0 Å². The Hall–Kier alpha value is -0.470. The fraction of sp³-hybridized carbons (Fsp3) is 0.600. The van der Waals surface area contributed by atoms with Crippen LogP contribution in [0.25, 0.3) is 0 Å². The predicted molar refractivity (Wildman–Crippen MR) is 77.7 cm³/mol. The van der Waals surface area contributed by atoms with E-state index in [1.807, 2.05) is 11.8 Å². The van der Waals surface area contributed by atoms with E-state index in [-0.39, 0.29) is 0 Å². The van der Waals surface area contributed by atoms with Crippen LogP contribution < -0.4 is 5.32 Å². The van der Waals surface area contributed by atoms with E-state index in [2.05, 4.69) is 49.5 Å². The molecule has 1 N–H and O–H groups in total. The van der Waals surface area contributed by atoms with Crippen molar-refractivity contribution in [1.82, 2.24) is 5.32 Å². The van der Waals surface area contributed by atoms with Crippen molar-refractivity contribution in [3.05, 3.63) is 35.9 Å². The third-order valence-corrected chi connectivity index (χ3v) is 4.51. The maximum Gasteiger partial charge on any atom is 0.0226 e. The van der Waals surface area contributed by atoms with Crippen molar-refractivity contribution in [3.63, 3.8) is 0 Å². The second-order valence-corrected chi connectivity index (χ2v) is 6.47. The molecule has 0 radical (unpaired) electrons. The molecule has 0 aromatic heterocycles. The van der Waals surface area contributed by atoms with Crippen LogP contribution in [0.4, 0.5) is 0 Å². The smallest absolute Gasteiger partial charge is 0.0226 e. The molecule has 0 spiro atoms. The van der Waals surface area contributed by atoms with Crippen molar-refractivity contribution >= 4 is 11.8 Å². The molecular formula is C15H23NS. The van der Waals surface area contributed by atoms with Crippen molar-refractivity contribution in [2.75, 3.05) is 11.5 Å². The lowest BCUT2D eigenvalue weighted by Crippen LogP contribution is -2.41. The monoisotopic (exact) mass is 249 g/mol. The first-order valence-corrected chi connectivity index (χ1v) is 7.79. The molecule has 1 aliphatic carbocycles. The van der Waals surface area contributed by atoms with E-state index in [1.165, 1.54) is 36.3 Å². The van der Waals surface area contributed by atoms with Gasteiger partial charge in [0.1, 0.15) is 0 Å². The topological polar surface area (TPSA) is 12.0 Å². The Morgan fingerprint density at radius 1 is 1.29 bits per heavy atom. The third kappa shape index (κ3) is 4.04. The Balaban J connectivity index is 1.83. The third-order valence-electron chi connectivity index (χ3n) is 3.36. The minimum atomic E-state index is 0.412. The molecule has 0 aliphatic heterocycles. The first-order chi connectivity index (χ1) is 8.24. The maximum absolute atomic E-state index is 3.83. The lowest BCUT2D eigenvalue weighted by molar-refractivity contribution is 0.448. The normalized spacial score (nSPS) is 18.9. The zero-order valence-corrected chi connectivity index (χ0v) is 11.7. The Labute approximate surface area is 109 Å². The predicted octanol–water partition coefficient (Wildman–Crippen LogP) is 3.49. The first kappa shape index (κ1) is 13.0. The van der Waals surface area contributed by atoms with Crippen LogP contribution in [0.1, 0.15) is 32.3 Å². The van der Waals surface area contributed by atoms with Gasteiger partial charge >= 0.3 is 0 Å². The molecule has 0 bridgehead atoms. The number of nitrogens with one attached hydrogen (secondary N) is 1. The summed E-state index contributed by atoms with van der Waals surface area (Å²) in [4.78, 5) is 0. The zero-order chi connectivity index (χ0) is 12.1. The van der Waals surface area contributed by atoms with Gasteiger partial charge in [-0.2, -0.15) is 11.8 Å². The Morgan fingerprint density at radius 2 is 2.00 bits per heavy atom. The van der Waals surface area contributed by atoms with E-state index < -0.39 is 0 Å². The molecule has 1 aliphatic rings. The molecule has 1 unspecified atom stereocenters. The average molecular weight is 249 g/mol. The molecule has 2 rings (SSSR count). The van der Waals surface area contributed by atoms with Gasteiger partial charge in [-0.15, -0.1) is 0 Å². The second kappa shape index (κ2) is 5.92. The molecule has 1 aromatic carbocycles. The van der Waals surface area contributed by atoms with Crippen LogP contribution in [0.3, 0.4) is 0 Å². The van der Waals surface area contributed by atoms with Gasteiger partial charge in [0.25, 0.3) is 0 Å². The Morgan fingerprint density at radius 3 is 2.59 bits per heavy atom. The van der Waals surface area contributed by atoms with Gasteiger partial charge in [-0.3, -0.25) is 0 Å². The molecule has 2 heteroatoms. The summed E-state index contributed by atoms with van der Waals surface area (Å²) < 4.78 is 0. The largest absolute Gasteiger partial charge is 0.308 e. The van der Waals surface area contributed by atoms with Gasteiger partial charge in [-0.05, 0) is 37.5 Å². The summed E-state index contributed by atoms with van der Waals surface area (Å²) in [7, 11) is 0. The fourth-order valence-corrected chi connectivity index (χ4v) is 3.04. The van der Waals surface area contributed by atoms with Crippen molar-refractivity contribution in [1.29, 1.82) is 0 Å². The van der Waals surface area contributed by atoms with Crippen molar-refractivity contribution < 1.29 is 0 Å². The standard InChI is InChI=1S/C15H23NS/c1-3-17-12-13(2)16-15(9-10-15)11-14-7-5-4-6-8-14/h4-8,13,16H,3,9-12H2,1-2H3. The van der Waals surface area contributed by atoms with Crippen LogP contribution in [0.5, 0.6) is 0 Å². The number of benzene rings is 1. The Bertz CT molecular complexity index is 332. The van der Waals surface area contributed by atoms with Crippen LogP contribution in [0.15, 0.2) is 30.3 Å². The Kier molecular flexibility index (Phi) is 4.52. The highest BCUT2D eigenvalue weighted by Crippen LogP contribution is 2.39. The molecule has 94 valence electrons. The summed E-state index contributed by atoms with van der Waals surface area (Å²) in [6, 6.07) is 11.5. The van der Waals surface area contributed by atoms with Crippen LogP contribution >= 0.6 is 11.8 Å². The van der Waals surface area contributed by atoms with Crippen LogP contribution in [-0.2, 0) is 6.42 Å². The minimum absolute atomic E-state index is 0.412. The summed E-state index contributed by atoms with van der Waals surface area (Å²) in [5, 5.41) is 3.83. The average Bonchev–Trinajstić information content (AvgIpc) is 3.07. The van der Waals surface area contributed by atoms with E-state index in [9.17, 15) is 0 Å². The molecule has 1 nitrogen and oxygen atoms in total. The van der Waals surface area contributed by atoms with Crippen LogP contribution in [0.2, 0.25) is 0 Å². The second-order valence-electron chi connectivity index (χ2n) is 5.15. The fourth-order valence-electron chi connectivity index (χ4n) is 2.37. The summed E-state index contributed by atoms with van der Waals surface area (Å²) in [5.41, 5.74) is 1.88. The SMILES string of the molecule is CCSCC(C)NC1(Cc2ccccc2)CC1. The van der Waals surface area contributed by atoms with Gasteiger partial charge in [-0.25, -0.2) is 0 Å². The number of rotatable bonds is 7. The van der Waals surface area contributed by atoms with Gasteiger partial charge in [0.15, 0.2) is 0 Å². The maximum atomic E-state index is 3.83. The molecule has 17 heavy (non-hydrogen) atoms. The van der Waals surface area contributed by atoms with E-state index >= 15 is 0 Å². The minimum Gasteiger partial charge on any atom is -0.308 e. The molecule has 0 amide bonds. The number of hydrogen-bond acceptors (Lipinski definition) is 2. The molecule has 1 fully saturated rings. The molecule has 1 atom stereocenters. The highest BCUT2D eigenvalue weighted by molar-refractivity contribution is 7.99. The highest BCUT2D eigenvalue weighted by Gasteiger charge is 2.42. The van der Waals surface area contributed by atoms with E-state index in [0.717, 1.165) is 0 Å². The highest BCUT2D eigenvalue weighted by atomic mass is 32.2. The molecular weight excluding hydrogens is 226 g/mol. The van der Waals surface area contributed by atoms with Gasteiger partial charge in [-0.1, -0.05) is 37.3 Å². The summed E-state index contributed by atoms with van der Waals surface area (Å²) in [6.45, 7) is 4.54. The number of hydrogen-bond donors (Lipinski definition) is 1. The van der Waals surface area contributed by atoms with E-state index in [4.69, 9.17) is 0 Å². The van der Waals surface area contributed by atoms with Crippen LogP contribution in [-0.4, -0.2) is 23.1 Å². The zero-order valence-electron chi connectivity index (χ0n) is 10.9. The number of thioether (sulfide) groups is 1. The summed E-state index contributed by atoms with van der Waals surface area (Å²) >= 11 is 2.03. The quantitative estimate of drug-likeness (QED) is 0.794. The summed E-state index contributed by atoms with van der Waals surface area (Å²) in [6.07, 6.45) is 3.86. The molecule has 1 aromatic rings. The van der Waals surface area contributed by atoms with Crippen LogP contribution in [0, 0.1) is 0 Å². The van der Waals surface area contributed by atoms with E-state index in [0.29, 0.717) is 11.6 Å². The summed E-state index contributed by atoms with van der Waals surface area (Å²) in [5.74, 6) is 2.45. The van der Waals surface area contributed by atoms with Gasteiger partial charge < -0.3 is 5.32 Å². The van der Waals surface area contributed by atoms with Crippen molar-refractivity contribution in [2.45, 2.75) is 44.7 Å². The molecule has 0 saturated heterocycles. The van der Waals surface area contributed by atoms with Crippen molar-refractivity contribution in [3.8, 4) is 0 Å². The molecule has 1 saturated carbocycles. The lowest BCUT2D eigenvalue weighted by atomic mass is 10.0. The first-order valence-electron chi connectivity index (χ1n) is 6.63.